The maximum Gasteiger partial charge on any atom is 0.227 e. The zero-order valence-corrected chi connectivity index (χ0v) is 10.5. The number of hydrogen-bond acceptors (Lipinski definition) is 2. The predicted octanol–water partition coefficient (Wildman–Crippen LogP) is 2.81. The van der Waals surface area contributed by atoms with Crippen LogP contribution in [0.25, 0.3) is 0 Å². The third-order valence-corrected chi connectivity index (χ3v) is 3.35. The van der Waals surface area contributed by atoms with Gasteiger partial charge in [-0.1, -0.05) is 6.07 Å². The number of unbranched alkanes of at least 4 members (excludes halogenated alkanes) is 1. The number of benzene rings is 1. The smallest absolute Gasteiger partial charge is 0.227 e. The third-order valence-electron chi connectivity index (χ3n) is 3.04. The minimum Gasteiger partial charge on any atom is -0.312 e. The molecule has 0 saturated heterocycles. The van der Waals surface area contributed by atoms with E-state index in [0.717, 1.165) is 36.3 Å². The third kappa shape index (κ3) is 2.80. The second kappa shape index (κ2) is 5.54. The minimum absolute atomic E-state index is 0.0993. The van der Waals surface area contributed by atoms with Gasteiger partial charge in [-0.05, 0) is 42.7 Å². The molecule has 92 valence electrons. The van der Waals surface area contributed by atoms with E-state index in [1.54, 1.807) is 11.0 Å². The van der Waals surface area contributed by atoms with Crippen molar-refractivity contribution in [2.24, 2.45) is 0 Å². The van der Waals surface area contributed by atoms with Gasteiger partial charge in [-0.2, -0.15) is 12.6 Å². The summed E-state index contributed by atoms with van der Waals surface area (Å²) >= 11 is 4.15. The highest BCUT2D eigenvalue weighted by atomic mass is 32.1. The quantitative estimate of drug-likeness (QED) is 0.646. The summed E-state index contributed by atoms with van der Waals surface area (Å²) in [6.07, 6.45) is 3.12. The van der Waals surface area contributed by atoms with E-state index < -0.39 is 0 Å². The van der Waals surface area contributed by atoms with Gasteiger partial charge in [-0.15, -0.1) is 0 Å². The topological polar surface area (TPSA) is 20.3 Å². The molecular formula is C13H16FNOS. The monoisotopic (exact) mass is 253 g/mol. The van der Waals surface area contributed by atoms with E-state index >= 15 is 0 Å². The van der Waals surface area contributed by atoms with E-state index in [9.17, 15) is 9.18 Å². The molecule has 1 amide bonds. The molecule has 0 spiro atoms. The number of fused-ring (bicyclic) bond motifs is 1. The summed E-state index contributed by atoms with van der Waals surface area (Å²) in [6.45, 7) is 0.663. The Labute approximate surface area is 106 Å². The van der Waals surface area contributed by atoms with Crippen molar-refractivity contribution in [2.75, 3.05) is 17.2 Å². The Morgan fingerprint density at radius 3 is 2.88 bits per heavy atom. The molecule has 2 rings (SSSR count). The van der Waals surface area contributed by atoms with Crippen LogP contribution in [0.2, 0.25) is 0 Å². The van der Waals surface area contributed by atoms with E-state index in [2.05, 4.69) is 12.6 Å². The molecule has 0 saturated carbocycles. The van der Waals surface area contributed by atoms with Crippen LogP contribution in [0.15, 0.2) is 18.2 Å². The molecule has 0 radical (unpaired) electrons. The molecule has 2 nitrogen and oxygen atoms in total. The van der Waals surface area contributed by atoms with Crippen molar-refractivity contribution in [3.63, 3.8) is 0 Å². The van der Waals surface area contributed by atoms with Crippen molar-refractivity contribution in [2.45, 2.75) is 25.7 Å². The van der Waals surface area contributed by atoms with Crippen LogP contribution in [0.5, 0.6) is 0 Å². The maximum atomic E-state index is 13.2. The highest BCUT2D eigenvalue weighted by Crippen LogP contribution is 2.28. The van der Waals surface area contributed by atoms with Gasteiger partial charge < -0.3 is 4.90 Å². The number of rotatable bonds is 4. The number of amides is 1. The molecule has 0 N–H and O–H groups in total. The number of aryl methyl sites for hydroxylation is 1. The Morgan fingerprint density at radius 1 is 1.29 bits per heavy atom. The Kier molecular flexibility index (Phi) is 4.05. The van der Waals surface area contributed by atoms with Gasteiger partial charge >= 0.3 is 0 Å². The second-order valence-corrected chi connectivity index (χ2v) is 4.70. The molecule has 0 unspecified atom stereocenters. The van der Waals surface area contributed by atoms with Crippen LogP contribution in [0.1, 0.15) is 24.8 Å². The molecule has 0 aromatic heterocycles. The van der Waals surface area contributed by atoms with E-state index in [1.165, 1.54) is 12.1 Å². The van der Waals surface area contributed by atoms with Gasteiger partial charge in [0.15, 0.2) is 0 Å². The first-order valence-electron chi connectivity index (χ1n) is 5.92. The van der Waals surface area contributed by atoms with E-state index in [0.29, 0.717) is 13.0 Å². The lowest BCUT2D eigenvalue weighted by Gasteiger charge is -2.29. The van der Waals surface area contributed by atoms with E-state index in [1.807, 2.05) is 0 Å². The van der Waals surface area contributed by atoms with Gasteiger partial charge in [0.1, 0.15) is 5.82 Å². The highest BCUT2D eigenvalue weighted by molar-refractivity contribution is 7.80. The number of thiol groups is 1. The number of nitrogens with zero attached hydrogens (tertiary/aromatic N) is 1. The van der Waals surface area contributed by atoms with Crippen molar-refractivity contribution in [3.05, 3.63) is 29.6 Å². The zero-order chi connectivity index (χ0) is 12.3. The average molecular weight is 253 g/mol. The molecule has 0 fully saturated rings. The standard InChI is InChI=1S/C13H16FNOS/c14-11-5-3-10-4-6-13(16)15(12(10)9-11)7-1-2-8-17/h3,5,9,17H,1-2,4,6-8H2. The fourth-order valence-electron chi connectivity index (χ4n) is 2.14. The maximum absolute atomic E-state index is 13.2. The Hall–Kier alpha value is -1.03. The van der Waals surface area contributed by atoms with Crippen molar-refractivity contribution in [1.82, 2.24) is 0 Å². The summed E-state index contributed by atoms with van der Waals surface area (Å²) in [5, 5.41) is 0. The molecular weight excluding hydrogens is 237 g/mol. The van der Waals surface area contributed by atoms with E-state index in [4.69, 9.17) is 0 Å². The van der Waals surface area contributed by atoms with E-state index in [-0.39, 0.29) is 11.7 Å². The van der Waals surface area contributed by atoms with Crippen LogP contribution in [-0.4, -0.2) is 18.2 Å². The zero-order valence-electron chi connectivity index (χ0n) is 9.66. The molecule has 4 heteroatoms. The summed E-state index contributed by atoms with van der Waals surface area (Å²) in [4.78, 5) is 13.6. The van der Waals surface area contributed by atoms with Gasteiger partial charge in [0.25, 0.3) is 0 Å². The molecule has 1 aromatic carbocycles. The number of halogens is 1. The normalized spacial score (nSPS) is 14.9. The molecule has 17 heavy (non-hydrogen) atoms. The van der Waals surface area contributed by atoms with Crippen LogP contribution in [-0.2, 0) is 11.2 Å². The minimum atomic E-state index is -0.280. The van der Waals surface area contributed by atoms with Crippen LogP contribution in [0, 0.1) is 5.82 Å². The number of anilines is 1. The summed E-state index contributed by atoms with van der Waals surface area (Å²) < 4.78 is 13.2. The average Bonchev–Trinajstić information content (AvgIpc) is 2.32. The molecule has 0 atom stereocenters. The molecule has 0 bridgehead atoms. The molecule has 1 aliphatic rings. The SMILES string of the molecule is O=C1CCc2ccc(F)cc2N1CCCCS. The fraction of sp³-hybridized carbons (Fsp3) is 0.462. The van der Waals surface area contributed by atoms with Crippen molar-refractivity contribution in [3.8, 4) is 0 Å². The van der Waals surface area contributed by atoms with Crippen LogP contribution in [0.3, 0.4) is 0 Å². The molecule has 1 aromatic rings. The lowest BCUT2D eigenvalue weighted by Crippen LogP contribution is -2.36. The largest absolute Gasteiger partial charge is 0.312 e. The second-order valence-electron chi connectivity index (χ2n) is 4.25. The molecule has 1 aliphatic heterocycles. The summed E-state index contributed by atoms with van der Waals surface area (Å²) in [7, 11) is 0. The Bertz CT molecular complexity index is 422. The van der Waals surface area contributed by atoms with Gasteiger partial charge in [-0.3, -0.25) is 4.79 Å². The van der Waals surface area contributed by atoms with Gasteiger partial charge in [0.05, 0.1) is 0 Å². The lowest BCUT2D eigenvalue weighted by molar-refractivity contribution is -0.118. The van der Waals surface area contributed by atoms with Gasteiger partial charge in [0.2, 0.25) is 5.91 Å². The fourth-order valence-corrected chi connectivity index (χ4v) is 2.36. The number of carbonyl (C=O) groups is 1. The highest BCUT2D eigenvalue weighted by Gasteiger charge is 2.23. The first-order chi connectivity index (χ1) is 8.22. The molecule has 0 aliphatic carbocycles. The van der Waals surface area contributed by atoms with Crippen molar-refractivity contribution < 1.29 is 9.18 Å². The van der Waals surface area contributed by atoms with Gasteiger partial charge in [-0.25, -0.2) is 4.39 Å². The summed E-state index contributed by atoms with van der Waals surface area (Å²) in [6, 6.07) is 4.70. The van der Waals surface area contributed by atoms with Crippen LogP contribution < -0.4 is 4.90 Å². The predicted molar refractivity (Wildman–Crippen MR) is 70.2 cm³/mol. The summed E-state index contributed by atoms with van der Waals surface area (Å²) in [5.41, 5.74) is 1.82. The molecule has 1 heterocycles. The number of carbonyl (C=O) groups excluding carboxylic acids is 1. The number of hydrogen-bond donors (Lipinski definition) is 1. The van der Waals surface area contributed by atoms with Crippen molar-refractivity contribution >= 4 is 24.2 Å². The summed E-state index contributed by atoms with van der Waals surface area (Å²) in [5.74, 6) is 0.637. The first kappa shape index (κ1) is 12.4. The van der Waals surface area contributed by atoms with Crippen LogP contribution >= 0.6 is 12.6 Å². The first-order valence-corrected chi connectivity index (χ1v) is 6.55. The van der Waals surface area contributed by atoms with Crippen molar-refractivity contribution in [1.29, 1.82) is 0 Å². The Balaban J connectivity index is 2.20. The van der Waals surface area contributed by atoms with Gasteiger partial charge in [0, 0.05) is 18.7 Å². The Morgan fingerprint density at radius 2 is 2.12 bits per heavy atom. The van der Waals surface area contributed by atoms with Crippen LogP contribution in [0.4, 0.5) is 10.1 Å². The lowest BCUT2D eigenvalue weighted by atomic mass is 10.0.